The van der Waals surface area contributed by atoms with E-state index in [9.17, 15) is 9.59 Å². The van der Waals surface area contributed by atoms with Crippen LogP contribution in [-0.2, 0) is 14.3 Å². The van der Waals surface area contributed by atoms with Crippen LogP contribution in [0.3, 0.4) is 0 Å². The summed E-state index contributed by atoms with van der Waals surface area (Å²) in [6.45, 7) is 12.1. The Kier molecular flexibility index (Phi) is 8.60. The maximum absolute atomic E-state index is 13.0. The number of benzene rings is 1. The molecule has 6 nitrogen and oxygen atoms in total. The Labute approximate surface area is 185 Å². The Morgan fingerprint density at radius 2 is 1.94 bits per heavy atom. The Hall–Kier alpha value is -2.89. The van der Waals surface area contributed by atoms with Gasteiger partial charge in [0.25, 0.3) is 0 Å². The van der Waals surface area contributed by atoms with Gasteiger partial charge in [-0.3, -0.25) is 9.78 Å². The summed E-state index contributed by atoms with van der Waals surface area (Å²) < 4.78 is 10.7. The van der Waals surface area contributed by atoms with Gasteiger partial charge in [-0.25, -0.2) is 4.79 Å². The van der Waals surface area contributed by atoms with Crippen molar-refractivity contribution in [1.82, 2.24) is 9.88 Å². The molecular formula is C25H34N2O4. The number of pyridine rings is 1. The molecule has 0 spiro atoms. The predicted molar refractivity (Wildman–Crippen MR) is 122 cm³/mol. The van der Waals surface area contributed by atoms with Gasteiger partial charge in [0.1, 0.15) is 5.60 Å². The van der Waals surface area contributed by atoms with Gasteiger partial charge in [-0.1, -0.05) is 18.2 Å². The van der Waals surface area contributed by atoms with Crippen LogP contribution in [0, 0.1) is 6.92 Å². The Bertz CT molecular complexity index is 889. The molecule has 0 unspecified atom stereocenters. The molecule has 0 radical (unpaired) electrons. The molecule has 31 heavy (non-hydrogen) atoms. The number of carbonyl (C=O) groups excluding carboxylic acids is 2. The molecule has 0 aliphatic carbocycles. The lowest BCUT2D eigenvalue weighted by Crippen LogP contribution is -2.39. The second kappa shape index (κ2) is 10.9. The lowest BCUT2D eigenvalue weighted by Gasteiger charge is -2.32. The SMILES string of the molecule is CCOC(=O)CCCN(C(=O)OC(C)(C)C)[C@@H](C)c1cccc(-c2ccncc2C)c1. The summed E-state index contributed by atoms with van der Waals surface area (Å²) in [5, 5.41) is 0. The first-order valence-electron chi connectivity index (χ1n) is 10.8. The van der Waals surface area contributed by atoms with Gasteiger partial charge in [0.2, 0.25) is 0 Å². The number of hydrogen-bond acceptors (Lipinski definition) is 5. The minimum atomic E-state index is -0.605. The summed E-state index contributed by atoms with van der Waals surface area (Å²) in [6.07, 6.45) is 3.99. The van der Waals surface area contributed by atoms with Crippen LogP contribution >= 0.6 is 0 Å². The number of amides is 1. The highest BCUT2D eigenvalue weighted by Crippen LogP contribution is 2.29. The molecule has 168 valence electrons. The summed E-state index contributed by atoms with van der Waals surface area (Å²) in [5.74, 6) is -0.255. The molecule has 0 aliphatic heterocycles. The minimum absolute atomic E-state index is 0.223. The molecule has 1 aromatic heterocycles. The van der Waals surface area contributed by atoms with Gasteiger partial charge >= 0.3 is 12.1 Å². The van der Waals surface area contributed by atoms with E-state index in [-0.39, 0.29) is 18.4 Å². The number of ether oxygens (including phenoxy) is 2. The van der Waals surface area contributed by atoms with Gasteiger partial charge in [-0.05, 0) is 82.3 Å². The van der Waals surface area contributed by atoms with E-state index in [1.165, 1.54) is 0 Å². The maximum atomic E-state index is 13.0. The van der Waals surface area contributed by atoms with Gasteiger partial charge in [0.15, 0.2) is 0 Å². The molecule has 1 amide bonds. The molecule has 2 rings (SSSR count). The van der Waals surface area contributed by atoms with Crippen LogP contribution in [0.25, 0.3) is 11.1 Å². The van der Waals surface area contributed by atoms with Crippen LogP contribution in [0.4, 0.5) is 4.79 Å². The molecule has 0 bridgehead atoms. The number of rotatable bonds is 8. The van der Waals surface area contributed by atoms with E-state index in [1.54, 1.807) is 18.0 Å². The molecule has 2 aromatic rings. The molecule has 0 N–H and O–H groups in total. The number of esters is 1. The molecular weight excluding hydrogens is 392 g/mol. The van der Waals surface area contributed by atoms with Crippen LogP contribution in [0.15, 0.2) is 42.7 Å². The summed E-state index contributed by atoms with van der Waals surface area (Å²) in [6, 6.07) is 9.91. The highest BCUT2D eigenvalue weighted by molar-refractivity contribution is 5.71. The highest BCUT2D eigenvalue weighted by Gasteiger charge is 2.27. The van der Waals surface area contributed by atoms with Crippen molar-refractivity contribution in [2.75, 3.05) is 13.2 Å². The maximum Gasteiger partial charge on any atom is 0.410 e. The third-order valence-corrected chi connectivity index (χ3v) is 4.88. The predicted octanol–water partition coefficient (Wildman–Crippen LogP) is 5.70. The van der Waals surface area contributed by atoms with Gasteiger partial charge < -0.3 is 14.4 Å². The molecule has 1 aromatic carbocycles. The summed E-state index contributed by atoms with van der Waals surface area (Å²) in [7, 11) is 0. The molecule has 1 heterocycles. The van der Waals surface area contributed by atoms with Gasteiger partial charge in [0.05, 0.1) is 12.6 Å². The Morgan fingerprint density at radius 1 is 1.19 bits per heavy atom. The largest absolute Gasteiger partial charge is 0.466 e. The molecule has 0 aliphatic rings. The first-order chi connectivity index (χ1) is 14.6. The number of carbonyl (C=O) groups is 2. The fourth-order valence-electron chi connectivity index (χ4n) is 3.33. The Balaban J connectivity index is 2.26. The first kappa shape index (κ1) is 24.4. The van der Waals surface area contributed by atoms with E-state index in [4.69, 9.17) is 9.47 Å². The molecule has 0 saturated carbocycles. The smallest absolute Gasteiger partial charge is 0.410 e. The third kappa shape index (κ3) is 7.39. The van der Waals surface area contributed by atoms with Crippen molar-refractivity contribution in [2.24, 2.45) is 0 Å². The fourth-order valence-corrected chi connectivity index (χ4v) is 3.33. The van der Waals surface area contributed by atoms with Crippen molar-refractivity contribution in [3.05, 3.63) is 53.9 Å². The van der Waals surface area contributed by atoms with E-state index >= 15 is 0 Å². The zero-order valence-electron chi connectivity index (χ0n) is 19.5. The van der Waals surface area contributed by atoms with Crippen LogP contribution in [-0.4, -0.2) is 40.7 Å². The summed E-state index contributed by atoms with van der Waals surface area (Å²) in [4.78, 5) is 30.5. The second-order valence-corrected chi connectivity index (χ2v) is 8.57. The zero-order chi connectivity index (χ0) is 23.0. The molecule has 1 atom stereocenters. The van der Waals surface area contributed by atoms with Crippen LogP contribution in [0.5, 0.6) is 0 Å². The highest BCUT2D eigenvalue weighted by atomic mass is 16.6. The van der Waals surface area contributed by atoms with E-state index in [0.29, 0.717) is 19.6 Å². The van der Waals surface area contributed by atoms with Crippen molar-refractivity contribution in [1.29, 1.82) is 0 Å². The lowest BCUT2D eigenvalue weighted by molar-refractivity contribution is -0.143. The normalized spacial score (nSPS) is 12.2. The monoisotopic (exact) mass is 426 g/mol. The van der Waals surface area contributed by atoms with E-state index in [1.807, 2.05) is 59.0 Å². The van der Waals surface area contributed by atoms with E-state index < -0.39 is 11.7 Å². The molecule has 6 heteroatoms. The van der Waals surface area contributed by atoms with E-state index in [0.717, 1.165) is 22.3 Å². The average molecular weight is 427 g/mol. The van der Waals surface area contributed by atoms with Crippen molar-refractivity contribution in [2.45, 2.75) is 66.0 Å². The van der Waals surface area contributed by atoms with Crippen molar-refractivity contribution < 1.29 is 19.1 Å². The van der Waals surface area contributed by atoms with Crippen molar-refractivity contribution >= 4 is 12.1 Å². The minimum Gasteiger partial charge on any atom is -0.466 e. The van der Waals surface area contributed by atoms with Crippen LogP contribution < -0.4 is 0 Å². The standard InChI is InChI=1S/C25H34N2O4/c1-7-30-23(28)12-9-15-27(24(29)31-25(4,5)6)19(3)20-10-8-11-21(16-20)22-13-14-26-17-18(22)2/h8,10-11,13-14,16-17,19H,7,9,12,15H2,1-6H3/t19-/m0/s1. The fraction of sp³-hybridized carbons (Fsp3) is 0.480. The first-order valence-corrected chi connectivity index (χ1v) is 10.8. The topological polar surface area (TPSA) is 68.7 Å². The van der Waals surface area contributed by atoms with E-state index in [2.05, 4.69) is 17.1 Å². The third-order valence-electron chi connectivity index (χ3n) is 4.88. The van der Waals surface area contributed by atoms with Gasteiger partial charge in [0, 0.05) is 25.4 Å². The number of aryl methyl sites for hydroxylation is 1. The van der Waals surface area contributed by atoms with Crippen molar-refractivity contribution in [3.63, 3.8) is 0 Å². The summed E-state index contributed by atoms with van der Waals surface area (Å²) in [5.41, 5.74) is 3.66. The van der Waals surface area contributed by atoms with Crippen molar-refractivity contribution in [3.8, 4) is 11.1 Å². The van der Waals surface area contributed by atoms with Gasteiger partial charge in [-0.2, -0.15) is 0 Å². The second-order valence-electron chi connectivity index (χ2n) is 8.57. The van der Waals surface area contributed by atoms with Gasteiger partial charge in [-0.15, -0.1) is 0 Å². The lowest BCUT2D eigenvalue weighted by atomic mass is 9.97. The Morgan fingerprint density at radius 3 is 2.58 bits per heavy atom. The van der Waals surface area contributed by atoms with Crippen LogP contribution in [0.1, 0.15) is 64.6 Å². The zero-order valence-corrected chi connectivity index (χ0v) is 19.5. The molecule has 0 saturated heterocycles. The number of nitrogens with zero attached hydrogens (tertiary/aromatic N) is 2. The average Bonchev–Trinajstić information content (AvgIpc) is 2.70. The number of aromatic nitrogens is 1. The summed E-state index contributed by atoms with van der Waals surface area (Å²) >= 11 is 0. The van der Waals surface area contributed by atoms with Crippen LogP contribution in [0.2, 0.25) is 0 Å². The number of hydrogen-bond donors (Lipinski definition) is 0. The molecule has 0 fully saturated rings. The quantitative estimate of drug-likeness (QED) is 0.507.